The third-order valence-corrected chi connectivity index (χ3v) is 2.24. The Hall–Kier alpha value is 0.0300. The van der Waals surface area contributed by atoms with E-state index in [1.165, 1.54) is 0 Å². The van der Waals surface area contributed by atoms with Crippen LogP contribution in [0.25, 0.3) is 0 Å². The van der Waals surface area contributed by atoms with Crippen molar-refractivity contribution in [2.45, 2.75) is 20.3 Å². The summed E-state index contributed by atoms with van der Waals surface area (Å²) in [7, 11) is 0. The molecule has 54 valence electrons. The Bertz CT molecular complexity index is 78.6. The van der Waals surface area contributed by atoms with Crippen LogP contribution < -0.4 is 0 Å². The zero-order valence-corrected chi connectivity index (χ0v) is 6.99. The maximum atomic E-state index is 5.65. The summed E-state index contributed by atoms with van der Waals surface area (Å²) >= 11 is 5.65. The number of alkyl halides is 1. The number of hydrogen-bond donors (Lipinski definition) is 0. The first-order valence-corrected chi connectivity index (χ1v) is 3.92. The minimum Gasteiger partial charge on any atom is -0.126 e. The highest BCUT2D eigenvalue weighted by Gasteiger charge is 2.07. The van der Waals surface area contributed by atoms with E-state index in [2.05, 4.69) is 20.4 Å². The van der Waals surface area contributed by atoms with E-state index >= 15 is 0 Å². The van der Waals surface area contributed by atoms with Gasteiger partial charge < -0.3 is 0 Å². The van der Waals surface area contributed by atoms with E-state index in [1.54, 1.807) is 0 Å². The first kappa shape index (κ1) is 9.03. The summed E-state index contributed by atoms with van der Waals surface area (Å²) in [4.78, 5) is 0. The van der Waals surface area contributed by atoms with Crippen LogP contribution >= 0.6 is 11.6 Å². The zero-order chi connectivity index (χ0) is 7.28. The van der Waals surface area contributed by atoms with Crippen molar-refractivity contribution in [3.63, 3.8) is 0 Å². The third-order valence-electron chi connectivity index (χ3n) is 1.75. The Morgan fingerprint density at radius 2 is 2.00 bits per heavy atom. The highest BCUT2D eigenvalue weighted by atomic mass is 35.5. The second kappa shape index (κ2) is 4.87. The largest absolute Gasteiger partial charge is 0.126 e. The maximum Gasteiger partial charge on any atom is 0.0251 e. The number of halogens is 1. The van der Waals surface area contributed by atoms with Gasteiger partial charge in [0.05, 0.1) is 0 Å². The van der Waals surface area contributed by atoms with Crippen molar-refractivity contribution in [1.29, 1.82) is 0 Å². The van der Waals surface area contributed by atoms with Gasteiger partial charge >= 0.3 is 0 Å². The lowest BCUT2D eigenvalue weighted by molar-refractivity contribution is 0.429. The molecule has 0 aliphatic carbocycles. The SMILES string of the molecule is C=CCC(C)C(C)CCl. The lowest BCUT2D eigenvalue weighted by Gasteiger charge is -2.14. The second-order valence-corrected chi connectivity index (χ2v) is 2.94. The molecule has 2 unspecified atom stereocenters. The molecular weight excluding hydrogens is 132 g/mol. The van der Waals surface area contributed by atoms with Crippen molar-refractivity contribution in [1.82, 2.24) is 0 Å². The summed E-state index contributed by atoms with van der Waals surface area (Å²) in [5.74, 6) is 2.05. The molecule has 0 N–H and O–H groups in total. The van der Waals surface area contributed by atoms with E-state index in [9.17, 15) is 0 Å². The number of rotatable bonds is 4. The highest BCUT2D eigenvalue weighted by molar-refractivity contribution is 6.18. The molecule has 0 aliphatic heterocycles. The third kappa shape index (κ3) is 3.58. The fraction of sp³-hybridized carbons (Fsp3) is 0.750. The van der Waals surface area contributed by atoms with Gasteiger partial charge in [0.25, 0.3) is 0 Å². The quantitative estimate of drug-likeness (QED) is 0.423. The van der Waals surface area contributed by atoms with Crippen molar-refractivity contribution >= 4 is 11.6 Å². The topological polar surface area (TPSA) is 0 Å². The number of allylic oxidation sites excluding steroid dienone is 1. The van der Waals surface area contributed by atoms with Gasteiger partial charge in [0.15, 0.2) is 0 Å². The molecule has 0 spiro atoms. The molecule has 1 heteroatoms. The van der Waals surface area contributed by atoms with Crippen molar-refractivity contribution in [3.05, 3.63) is 12.7 Å². The summed E-state index contributed by atoms with van der Waals surface area (Å²) in [6.07, 6.45) is 3.03. The molecule has 0 saturated carbocycles. The van der Waals surface area contributed by atoms with Gasteiger partial charge in [0.1, 0.15) is 0 Å². The van der Waals surface area contributed by atoms with Gasteiger partial charge in [-0.3, -0.25) is 0 Å². The lowest BCUT2D eigenvalue weighted by Crippen LogP contribution is -2.07. The van der Waals surface area contributed by atoms with E-state index in [0.29, 0.717) is 11.8 Å². The Labute approximate surface area is 62.9 Å². The van der Waals surface area contributed by atoms with Crippen LogP contribution in [0, 0.1) is 11.8 Å². The average molecular weight is 147 g/mol. The Balaban J connectivity index is 3.44. The van der Waals surface area contributed by atoms with Gasteiger partial charge in [-0.15, -0.1) is 18.2 Å². The summed E-state index contributed by atoms with van der Waals surface area (Å²) in [5.41, 5.74) is 0. The molecule has 0 rings (SSSR count). The predicted octanol–water partition coefficient (Wildman–Crippen LogP) is 3.07. The minimum absolute atomic E-state index is 0.615. The summed E-state index contributed by atoms with van der Waals surface area (Å²) in [5, 5.41) is 0. The molecule has 0 radical (unpaired) electrons. The zero-order valence-electron chi connectivity index (χ0n) is 6.23. The van der Waals surface area contributed by atoms with Crippen LogP contribution in [-0.4, -0.2) is 5.88 Å². The first-order chi connectivity index (χ1) is 4.22. The average Bonchev–Trinajstić information content (AvgIpc) is 1.87. The number of hydrogen-bond acceptors (Lipinski definition) is 0. The Morgan fingerprint density at radius 3 is 2.33 bits per heavy atom. The maximum absolute atomic E-state index is 5.65. The van der Waals surface area contributed by atoms with Crippen molar-refractivity contribution in [2.75, 3.05) is 5.88 Å². The van der Waals surface area contributed by atoms with Crippen LogP contribution in [0.3, 0.4) is 0 Å². The van der Waals surface area contributed by atoms with Crippen molar-refractivity contribution in [3.8, 4) is 0 Å². The molecule has 0 aliphatic rings. The Morgan fingerprint density at radius 1 is 1.44 bits per heavy atom. The molecule has 0 aromatic carbocycles. The van der Waals surface area contributed by atoms with E-state index in [0.717, 1.165) is 12.3 Å². The van der Waals surface area contributed by atoms with Crippen LogP contribution in [0.5, 0.6) is 0 Å². The van der Waals surface area contributed by atoms with E-state index in [4.69, 9.17) is 11.6 Å². The smallest absolute Gasteiger partial charge is 0.0251 e. The summed E-state index contributed by atoms with van der Waals surface area (Å²) in [6.45, 7) is 8.05. The second-order valence-electron chi connectivity index (χ2n) is 2.63. The highest BCUT2D eigenvalue weighted by Crippen LogP contribution is 2.15. The van der Waals surface area contributed by atoms with E-state index in [-0.39, 0.29) is 0 Å². The Kier molecular flexibility index (Phi) is 4.88. The molecule has 0 amide bonds. The molecule has 0 saturated heterocycles. The first-order valence-electron chi connectivity index (χ1n) is 3.39. The van der Waals surface area contributed by atoms with E-state index in [1.807, 2.05) is 6.08 Å². The molecule has 0 fully saturated rings. The normalized spacial score (nSPS) is 16.8. The van der Waals surface area contributed by atoms with Crippen LogP contribution in [0.4, 0.5) is 0 Å². The van der Waals surface area contributed by atoms with Crippen molar-refractivity contribution < 1.29 is 0 Å². The molecule has 9 heavy (non-hydrogen) atoms. The fourth-order valence-electron chi connectivity index (χ4n) is 0.647. The van der Waals surface area contributed by atoms with Crippen LogP contribution in [0.1, 0.15) is 20.3 Å². The van der Waals surface area contributed by atoms with E-state index < -0.39 is 0 Å². The van der Waals surface area contributed by atoms with Gasteiger partial charge in [-0.25, -0.2) is 0 Å². The molecule has 0 aromatic heterocycles. The standard InChI is InChI=1S/C8H15Cl/c1-4-5-7(2)8(3)6-9/h4,7-8H,1,5-6H2,2-3H3. The molecule has 0 aromatic rings. The molecular formula is C8H15Cl. The molecule has 0 heterocycles. The predicted molar refractivity (Wildman–Crippen MR) is 43.9 cm³/mol. The minimum atomic E-state index is 0.615. The van der Waals surface area contributed by atoms with Gasteiger partial charge in [-0.1, -0.05) is 19.9 Å². The fourth-order valence-corrected chi connectivity index (χ4v) is 0.951. The van der Waals surface area contributed by atoms with Crippen LogP contribution in [-0.2, 0) is 0 Å². The van der Waals surface area contributed by atoms with Crippen LogP contribution in [0.2, 0.25) is 0 Å². The van der Waals surface area contributed by atoms with Gasteiger partial charge in [-0.2, -0.15) is 0 Å². The molecule has 2 atom stereocenters. The molecule has 0 bridgehead atoms. The van der Waals surface area contributed by atoms with Gasteiger partial charge in [0, 0.05) is 5.88 Å². The summed E-state index contributed by atoms with van der Waals surface area (Å²) < 4.78 is 0. The monoisotopic (exact) mass is 146 g/mol. The van der Waals surface area contributed by atoms with Gasteiger partial charge in [0.2, 0.25) is 0 Å². The van der Waals surface area contributed by atoms with Gasteiger partial charge in [-0.05, 0) is 18.3 Å². The van der Waals surface area contributed by atoms with Crippen LogP contribution in [0.15, 0.2) is 12.7 Å². The molecule has 0 nitrogen and oxygen atoms in total. The lowest BCUT2D eigenvalue weighted by atomic mass is 9.95. The van der Waals surface area contributed by atoms with Crippen molar-refractivity contribution in [2.24, 2.45) is 11.8 Å². The summed E-state index contributed by atoms with van der Waals surface area (Å²) in [6, 6.07) is 0.